The third kappa shape index (κ3) is 7.38. The van der Waals surface area contributed by atoms with Gasteiger partial charge in [0.15, 0.2) is 0 Å². The van der Waals surface area contributed by atoms with Crippen molar-refractivity contribution in [2.45, 2.75) is 40.3 Å². The highest BCUT2D eigenvalue weighted by atomic mass is 16.5. The zero-order chi connectivity index (χ0) is 22.9. The van der Waals surface area contributed by atoms with Crippen LogP contribution in [0.2, 0.25) is 0 Å². The summed E-state index contributed by atoms with van der Waals surface area (Å²) in [5.41, 5.74) is 2.83. The van der Waals surface area contributed by atoms with Crippen LogP contribution in [0.3, 0.4) is 0 Å². The Morgan fingerprint density at radius 2 is 1.56 bits per heavy atom. The lowest BCUT2D eigenvalue weighted by atomic mass is 9.91. The Morgan fingerprint density at radius 1 is 0.938 bits per heavy atom. The minimum Gasteiger partial charge on any atom is -0.494 e. The quantitative estimate of drug-likeness (QED) is 0.629. The molecule has 2 atom stereocenters. The number of likely N-dealkylation sites (tertiary alicyclic amines) is 1. The molecule has 2 N–H and O–H groups in total. The van der Waals surface area contributed by atoms with E-state index >= 15 is 0 Å². The van der Waals surface area contributed by atoms with Gasteiger partial charge >= 0.3 is 0 Å². The van der Waals surface area contributed by atoms with Crippen LogP contribution in [0.15, 0.2) is 48.5 Å². The van der Waals surface area contributed by atoms with Gasteiger partial charge in [0, 0.05) is 31.7 Å². The van der Waals surface area contributed by atoms with Gasteiger partial charge in [0.25, 0.3) is 5.91 Å². The van der Waals surface area contributed by atoms with Gasteiger partial charge in [-0.15, -0.1) is 0 Å². The fourth-order valence-corrected chi connectivity index (χ4v) is 4.34. The van der Waals surface area contributed by atoms with Gasteiger partial charge in [0.1, 0.15) is 5.75 Å². The molecule has 2 unspecified atom stereocenters. The van der Waals surface area contributed by atoms with Gasteiger partial charge in [0.2, 0.25) is 5.91 Å². The maximum atomic E-state index is 12.2. The van der Waals surface area contributed by atoms with Crippen molar-refractivity contribution in [1.29, 1.82) is 0 Å². The van der Waals surface area contributed by atoms with E-state index in [2.05, 4.69) is 53.6 Å². The van der Waals surface area contributed by atoms with Crippen molar-refractivity contribution in [1.82, 2.24) is 15.5 Å². The Balaban J connectivity index is 1.39. The zero-order valence-corrected chi connectivity index (χ0v) is 19.4. The summed E-state index contributed by atoms with van der Waals surface area (Å²) >= 11 is 0. The lowest BCUT2D eigenvalue weighted by molar-refractivity contribution is -0.120. The molecule has 2 aromatic carbocycles. The van der Waals surface area contributed by atoms with Gasteiger partial charge in [-0.1, -0.05) is 38.1 Å². The summed E-state index contributed by atoms with van der Waals surface area (Å²) in [5.74, 6) is 1.72. The molecule has 6 nitrogen and oxygen atoms in total. The molecule has 0 radical (unpaired) electrons. The number of ether oxygens (including phenoxy) is 1. The van der Waals surface area contributed by atoms with E-state index in [9.17, 15) is 9.59 Å². The number of rotatable bonds is 9. The van der Waals surface area contributed by atoms with Crippen molar-refractivity contribution >= 4 is 11.8 Å². The van der Waals surface area contributed by atoms with Gasteiger partial charge in [-0.2, -0.15) is 0 Å². The molecule has 0 aromatic heterocycles. The number of hydrogen-bond acceptors (Lipinski definition) is 4. The molecule has 1 aliphatic heterocycles. The van der Waals surface area contributed by atoms with Crippen LogP contribution in [0.5, 0.6) is 5.75 Å². The number of nitrogens with zero attached hydrogens (tertiary/aromatic N) is 1. The minimum atomic E-state index is -0.283. The largest absolute Gasteiger partial charge is 0.494 e. The van der Waals surface area contributed by atoms with Crippen LogP contribution in [-0.2, 0) is 17.9 Å². The number of hydrogen-bond donors (Lipinski definition) is 2. The number of nitrogens with one attached hydrogen (secondary N) is 2. The lowest BCUT2D eigenvalue weighted by Gasteiger charge is -2.35. The molecule has 0 bridgehead atoms. The van der Waals surface area contributed by atoms with E-state index in [1.54, 1.807) is 24.3 Å². The number of amides is 2. The molecule has 6 heteroatoms. The molecule has 3 rings (SSSR count). The van der Waals surface area contributed by atoms with Gasteiger partial charge in [0.05, 0.1) is 13.2 Å². The second kappa shape index (κ2) is 11.7. The lowest BCUT2D eigenvalue weighted by Crippen LogP contribution is -2.38. The summed E-state index contributed by atoms with van der Waals surface area (Å²) in [4.78, 5) is 26.9. The highest BCUT2D eigenvalue weighted by Crippen LogP contribution is 2.22. The molecule has 1 fully saturated rings. The van der Waals surface area contributed by atoms with Crippen LogP contribution in [0, 0.1) is 11.8 Å². The van der Waals surface area contributed by atoms with Crippen molar-refractivity contribution in [2.75, 3.05) is 26.2 Å². The molecule has 172 valence electrons. The summed E-state index contributed by atoms with van der Waals surface area (Å²) in [6.07, 6.45) is 1.32. The van der Waals surface area contributed by atoms with Gasteiger partial charge in [-0.25, -0.2) is 0 Å². The molecule has 2 aromatic rings. The predicted molar refractivity (Wildman–Crippen MR) is 126 cm³/mol. The molecule has 0 spiro atoms. The van der Waals surface area contributed by atoms with Crippen molar-refractivity contribution in [3.63, 3.8) is 0 Å². The average Bonchev–Trinajstić information content (AvgIpc) is 2.77. The van der Waals surface area contributed by atoms with E-state index < -0.39 is 0 Å². The average molecular weight is 438 g/mol. The molecule has 1 aliphatic rings. The smallest absolute Gasteiger partial charge is 0.251 e. The van der Waals surface area contributed by atoms with E-state index in [1.807, 2.05) is 6.92 Å². The molecule has 1 saturated heterocycles. The summed E-state index contributed by atoms with van der Waals surface area (Å²) in [6, 6.07) is 15.3. The van der Waals surface area contributed by atoms with Crippen LogP contribution >= 0.6 is 0 Å². The van der Waals surface area contributed by atoms with E-state index in [-0.39, 0.29) is 18.4 Å². The third-order valence-corrected chi connectivity index (χ3v) is 5.70. The van der Waals surface area contributed by atoms with Gasteiger partial charge in [-0.3, -0.25) is 14.5 Å². The Bertz CT molecular complexity index is 870. The van der Waals surface area contributed by atoms with Crippen LogP contribution < -0.4 is 15.4 Å². The Morgan fingerprint density at radius 3 is 2.19 bits per heavy atom. The first-order valence-corrected chi connectivity index (χ1v) is 11.5. The van der Waals surface area contributed by atoms with Crippen LogP contribution in [0.4, 0.5) is 0 Å². The first-order chi connectivity index (χ1) is 15.4. The number of carbonyl (C=O) groups excluding carboxylic acids is 2. The minimum absolute atomic E-state index is 0.0601. The van der Waals surface area contributed by atoms with E-state index in [4.69, 9.17) is 4.74 Å². The normalized spacial score (nSPS) is 18.7. The summed E-state index contributed by atoms with van der Waals surface area (Å²) in [7, 11) is 0. The molecule has 1 heterocycles. The third-order valence-electron chi connectivity index (χ3n) is 5.70. The van der Waals surface area contributed by atoms with Crippen LogP contribution in [0.1, 0.15) is 48.7 Å². The summed E-state index contributed by atoms with van der Waals surface area (Å²) in [6.45, 7) is 10.8. The second-order valence-corrected chi connectivity index (χ2v) is 8.87. The number of benzene rings is 2. The SMILES string of the molecule is CCOc1ccc(C(=O)NCC(=O)NCc2ccc(CN3CC(C)CC(C)C3)cc2)cc1. The number of carbonyl (C=O) groups is 2. The van der Waals surface area contributed by atoms with Crippen molar-refractivity contribution < 1.29 is 14.3 Å². The van der Waals surface area contributed by atoms with Crippen LogP contribution in [-0.4, -0.2) is 43.0 Å². The Hall–Kier alpha value is -2.86. The van der Waals surface area contributed by atoms with Gasteiger partial charge < -0.3 is 15.4 Å². The summed E-state index contributed by atoms with van der Waals surface area (Å²) < 4.78 is 5.37. The van der Waals surface area contributed by atoms with Crippen molar-refractivity contribution in [3.05, 3.63) is 65.2 Å². The highest BCUT2D eigenvalue weighted by Gasteiger charge is 2.21. The Labute approximate surface area is 191 Å². The monoisotopic (exact) mass is 437 g/mol. The molecule has 2 amide bonds. The van der Waals surface area contributed by atoms with E-state index in [0.717, 1.165) is 37.0 Å². The van der Waals surface area contributed by atoms with Crippen molar-refractivity contribution in [2.24, 2.45) is 11.8 Å². The molecule has 32 heavy (non-hydrogen) atoms. The maximum Gasteiger partial charge on any atom is 0.251 e. The highest BCUT2D eigenvalue weighted by molar-refractivity contribution is 5.96. The standard InChI is InChI=1S/C26H35N3O3/c1-4-32-24-11-9-23(10-12-24)26(31)28-15-25(30)27-14-21-5-7-22(8-6-21)18-29-16-19(2)13-20(3)17-29/h5-12,19-20H,4,13-18H2,1-3H3,(H,27,30)(H,28,31). The van der Waals surface area contributed by atoms with Crippen LogP contribution in [0.25, 0.3) is 0 Å². The molecular weight excluding hydrogens is 402 g/mol. The molecule has 0 aliphatic carbocycles. The maximum absolute atomic E-state index is 12.2. The molecular formula is C26H35N3O3. The topological polar surface area (TPSA) is 70.7 Å². The first-order valence-electron chi connectivity index (χ1n) is 11.5. The van der Waals surface area contributed by atoms with Gasteiger partial charge in [-0.05, 0) is 60.6 Å². The van der Waals surface area contributed by atoms with E-state index in [0.29, 0.717) is 24.5 Å². The second-order valence-electron chi connectivity index (χ2n) is 8.87. The van der Waals surface area contributed by atoms with Crippen molar-refractivity contribution in [3.8, 4) is 5.75 Å². The molecule has 0 saturated carbocycles. The first kappa shape index (κ1) is 23.8. The zero-order valence-electron chi connectivity index (χ0n) is 19.4. The van der Waals surface area contributed by atoms with E-state index in [1.165, 1.54) is 12.0 Å². The number of piperidine rings is 1. The fraction of sp³-hybridized carbons (Fsp3) is 0.462. The predicted octanol–water partition coefficient (Wildman–Crippen LogP) is 3.61. The summed E-state index contributed by atoms with van der Waals surface area (Å²) in [5, 5.41) is 5.51. The Kier molecular flexibility index (Phi) is 8.68. The fourth-order valence-electron chi connectivity index (χ4n) is 4.34.